The van der Waals surface area contributed by atoms with Crippen LogP contribution in [0.1, 0.15) is 29.1 Å². The molecule has 2 rings (SSSR count). The van der Waals surface area contributed by atoms with Gasteiger partial charge in [0.25, 0.3) is 0 Å². The fourth-order valence-electron chi connectivity index (χ4n) is 1.74. The fourth-order valence-corrected chi connectivity index (χ4v) is 2.65. The largest absolute Gasteiger partial charge is 0.306 e. The summed E-state index contributed by atoms with van der Waals surface area (Å²) in [5, 5.41) is 7.69. The van der Waals surface area contributed by atoms with Crippen LogP contribution in [0.5, 0.6) is 0 Å². The van der Waals surface area contributed by atoms with Crippen molar-refractivity contribution in [2.24, 2.45) is 7.05 Å². The summed E-state index contributed by atoms with van der Waals surface area (Å²) in [6, 6.07) is 0.214. The van der Waals surface area contributed by atoms with Crippen LogP contribution in [0.3, 0.4) is 0 Å². The van der Waals surface area contributed by atoms with Gasteiger partial charge >= 0.3 is 0 Å². The molecule has 1 atom stereocenters. The summed E-state index contributed by atoms with van der Waals surface area (Å²) in [7, 11) is 1.94. The number of nitrogens with zero attached hydrogens (tertiary/aromatic N) is 3. The first-order chi connectivity index (χ1) is 7.72. The Kier molecular flexibility index (Phi) is 3.36. The third-order valence-corrected chi connectivity index (χ3v) is 3.51. The van der Waals surface area contributed by atoms with E-state index in [1.807, 2.05) is 36.6 Å². The van der Waals surface area contributed by atoms with Crippen LogP contribution in [0.4, 0.5) is 0 Å². The Morgan fingerprint density at radius 3 is 2.88 bits per heavy atom. The van der Waals surface area contributed by atoms with E-state index in [1.54, 1.807) is 11.3 Å². The number of rotatable bonds is 4. The molecule has 0 aliphatic heterocycles. The fraction of sp³-hybridized carbons (Fsp3) is 0.455. The van der Waals surface area contributed by atoms with Gasteiger partial charge < -0.3 is 5.32 Å². The molecule has 0 spiro atoms. The van der Waals surface area contributed by atoms with Crippen LogP contribution >= 0.6 is 11.3 Å². The number of thiazole rings is 1. The Bertz CT molecular complexity index is 460. The molecular formula is C11H16N4S. The van der Waals surface area contributed by atoms with Crippen molar-refractivity contribution in [2.75, 3.05) is 6.54 Å². The predicted octanol–water partition coefficient (Wildman–Crippen LogP) is 1.88. The van der Waals surface area contributed by atoms with Crippen molar-refractivity contribution in [2.45, 2.75) is 19.9 Å². The molecular weight excluding hydrogens is 220 g/mol. The molecule has 2 heterocycles. The zero-order valence-electron chi connectivity index (χ0n) is 9.77. The van der Waals surface area contributed by atoms with Crippen molar-refractivity contribution < 1.29 is 0 Å². The summed E-state index contributed by atoms with van der Waals surface area (Å²) in [6.45, 7) is 5.09. The van der Waals surface area contributed by atoms with Gasteiger partial charge in [0.2, 0.25) is 0 Å². The van der Waals surface area contributed by atoms with E-state index in [1.165, 1.54) is 10.4 Å². The molecule has 16 heavy (non-hydrogen) atoms. The van der Waals surface area contributed by atoms with Crippen molar-refractivity contribution in [1.29, 1.82) is 0 Å². The summed E-state index contributed by atoms with van der Waals surface area (Å²) in [5.74, 6) is 0. The summed E-state index contributed by atoms with van der Waals surface area (Å²) in [4.78, 5) is 5.58. The second-order valence-corrected chi connectivity index (χ2v) is 4.63. The minimum atomic E-state index is 0.214. The van der Waals surface area contributed by atoms with Gasteiger partial charge in [-0.3, -0.25) is 4.68 Å². The Hall–Kier alpha value is -1.20. The molecule has 0 aliphatic rings. The molecule has 0 amide bonds. The van der Waals surface area contributed by atoms with E-state index in [0.29, 0.717) is 0 Å². The lowest BCUT2D eigenvalue weighted by Crippen LogP contribution is -2.21. The Morgan fingerprint density at radius 2 is 2.38 bits per heavy atom. The highest BCUT2D eigenvalue weighted by atomic mass is 32.1. The standard InChI is InChI=1S/C11H16N4S/c1-4-12-10(9-5-14-15(3)6-9)11-8(2)13-7-16-11/h5-7,10,12H,4H2,1-3H3. The molecule has 1 N–H and O–H groups in total. The molecule has 5 heteroatoms. The van der Waals surface area contributed by atoms with E-state index in [9.17, 15) is 0 Å². The van der Waals surface area contributed by atoms with Crippen molar-refractivity contribution in [3.8, 4) is 0 Å². The maximum atomic E-state index is 4.30. The van der Waals surface area contributed by atoms with Crippen molar-refractivity contribution in [1.82, 2.24) is 20.1 Å². The molecule has 4 nitrogen and oxygen atoms in total. The molecule has 0 aromatic carbocycles. The lowest BCUT2D eigenvalue weighted by molar-refractivity contribution is 0.634. The Labute approximate surface area is 99.3 Å². The van der Waals surface area contributed by atoms with Gasteiger partial charge in [0.1, 0.15) is 0 Å². The normalized spacial score (nSPS) is 12.9. The lowest BCUT2D eigenvalue weighted by atomic mass is 10.1. The number of hydrogen-bond acceptors (Lipinski definition) is 4. The third kappa shape index (κ3) is 2.15. The second kappa shape index (κ2) is 4.76. The van der Waals surface area contributed by atoms with E-state index in [-0.39, 0.29) is 6.04 Å². The van der Waals surface area contributed by atoms with E-state index >= 15 is 0 Å². The van der Waals surface area contributed by atoms with E-state index in [4.69, 9.17) is 0 Å². The zero-order chi connectivity index (χ0) is 11.5. The average Bonchev–Trinajstić information content (AvgIpc) is 2.84. The van der Waals surface area contributed by atoms with Crippen LogP contribution in [-0.2, 0) is 7.05 Å². The monoisotopic (exact) mass is 236 g/mol. The van der Waals surface area contributed by atoms with Gasteiger partial charge in [-0.15, -0.1) is 11.3 Å². The molecule has 2 aromatic rings. The first-order valence-electron chi connectivity index (χ1n) is 5.34. The summed E-state index contributed by atoms with van der Waals surface area (Å²) >= 11 is 1.69. The maximum absolute atomic E-state index is 4.30. The van der Waals surface area contributed by atoms with E-state index in [0.717, 1.165) is 12.2 Å². The number of hydrogen-bond donors (Lipinski definition) is 1. The van der Waals surface area contributed by atoms with Crippen LogP contribution in [-0.4, -0.2) is 21.3 Å². The summed E-state index contributed by atoms with van der Waals surface area (Å²) in [5.41, 5.74) is 4.18. The minimum Gasteiger partial charge on any atom is -0.306 e. The third-order valence-electron chi connectivity index (χ3n) is 2.51. The smallest absolute Gasteiger partial charge is 0.0798 e. The molecule has 2 aromatic heterocycles. The number of nitrogens with one attached hydrogen (secondary N) is 1. The Morgan fingerprint density at radius 1 is 1.56 bits per heavy atom. The number of aromatic nitrogens is 3. The van der Waals surface area contributed by atoms with Crippen LogP contribution in [0.25, 0.3) is 0 Å². The van der Waals surface area contributed by atoms with Gasteiger partial charge in [-0.2, -0.15) is 5.10 Å². The van der Waals surface area contributed by atoms with Gasteiger partial charge in [-0.1, -0.05) is 6.92 Å². The molecule has 0 saturated heterocycles. The summed E-state index contributed by atoms with van der Waals surface area (Å²) in [6.07, 6.45) is 3.96. The van der Waals surface area contributed by atoms with Gasteiger partial charge in [0, 0.05) is 23.7 Å². The molecule has 0 saturated carbocycles. The molecule has 0 radical (unpaired) electrons. The van der Waals surface area contributed by atoms with Gasteiger partial charge in [-0.05, 0) is 13.5 Å². The molecule has 0 bridgehead atoms. The predicted molar refractivity (Wildman–Crippen MR) is 65.6 cm³/mol. The molecule has 0 fully saturated rings. The van der Waals surface area contributed by atoms with Crippen molar-refractivity contribution in [3.05, 3.63) is 34.0 Å². The lowest BCUT2D eigenvalue weighted by Gasteiger charge is -2.15. The van der Waals surface area contributed by atoms with Gasteiger partial charge in [0.05, 0.1) is 23.4 Å². The van der Waals surface area contributed by atoms with E-state index in [2.05, 4.69) is 22.3 Å². The summed E-state index contributed by atoms with van der Waals surface area (Å²) < 4.78 is 1.83. The second-order valence-electron chi connectivity index (χ2n) is 3.74. The molecule has 1 unspecified atom stereocenters. The SMILES string of the molecule is CCNC(c1cnn(C)c1)c1scnc1C. The van der Waals surface area contributed by atoms with Crippen LogP contribution < -0.4 is 5.32 Å². The van der Waals surface area contributed by atoms with E-state index < -0.39 is 0 Å². The zero-order valence-corrected chi connectivity index (χ0v) is 10.6. The maximum Gasteiger partial charge on any atom is 0.0798 e. The van der Waals surface area contributed by atoms with Crippen LogP contribution in [0, 0.1) is 6.92 Å². The highest BCUT2D eigenvalue weighted by Crippen LogP contribution is 2.27. The topological polar surface area (TPSA) is 42.7 Å². The highest BCUT2D eigenvalue weighted by molar-refractivity contribution is 7.09. The first kappa shape index (κ1) is 11.3. The highest BCUT2D eigenvalue weighted by Gasteiger charge is 2.18. The van der Waals surface area contributed by atoms with Crippen molar-refractivity contribution in [3.63, 3.8) is 0 Å². The minimum absolute atomic E-state index is 0.214. The van der Waals surface area contributed by atoms with Crippen LogP contribution in [0.2, 0.25) is 0 Å². The van der Waals surface area contributed by atoms with Crippen LogP contribution in [0.15, 0.2) is 17.9 Å². The van der Waals surface area contributed by atoms with Crippen molar-refractivity contribution >= 4 is 11.3 Å². The average molecular weight is 236 g/mol. The molecule has 0 aliphatic carbocycles. The van der Waals surface area contributed by atoms with Gasteiger partial charge in [-0.25, -0.2) is 4.98 Å². The molecule has 86 valence electrons. The number of aryl methyl sites for hydroxylation is 2. The van der Waals surface area contributed by atoms with Gasteiger partial charge in [0.15, 0.2) is 0 Å². The quantitative estimate of drug-likeness (QED) is 0.881. The first-order valence-corrected chi connectivity index (χ1v) is 6.22. The Balaban J connectivity index is 2.34.